The second kappa shape index (κ2) is 13.3. The quantitative estimate of drug-likeness (QED) is 0.157. The number of aryl methyl sites for hydroxylation is 1. The monoisotopic (exact) mass is 596 g/mol. The van der Waals surface area contributed by atoms with Crippen LogP contribution in [0.4, 0.5) is 13.2 Å². The van der Waals surface area contributed by atoms with Crippen LogP contribution < -0.4 is 5.32 Å². The molecular formula is C33H35F3N2O3S. The van der Waals surface area contributed by atoms with Gasteiger partial charge in [0.1, 0.15) is 17.0 Å². The third-order valence-electron chi connectivity index (χ3n) is 7.95. The smallest absolute Gasteiger partial charge is 0.433 e. The van der Waals surface area contributed by atoms with Gasteiger partial charge in [-0.05, 0) is 73.1 Å². The van der Waals surface area contributed by atoms with Gasteiger partial charge in [-0.15, -0.1) is 0 Å². The van der Waals surface area contributed by atoms with Gasteiger partial charge in [-0.25, -0.2) is 0 Å². The lowest BCUT2D eigenvalue weighted by Gasteiger charge is -2.16. The summed E-state index contributed by atoms with van der Waals surface area (Å²) in [7, 11) is 0. The van der Waals surface area contributed by atoms with Crippen LogP contribution in [0.1, 0.15) is 62.3 Å². The van der Waals surface area contributed by atoms with Crippen LogP contribution in [-0.2, 0) is 35.1 Å². The van der Waals surface area contributed by atoms with Crippen molar-refractivity contribution in [2.45, 2.75) is 69.7 Å². The van der Waals surface area contributed by atoms with Gasteiger partial charge in [-0.1, -0.05) is 50.1 Å². The van der Waals surface area contributed by atoms with E-state index in [-0.39, 0.29) is 17.7 Å². The van der Waals surface area contributed by atoms with Crippen molar-refractivity contribution in [3.05, 3.63) is 83.7 Å². The molecule has 5 rings (SSSR count). The van der Waals surface area contributed by atoms with E-state index in [1.807, 2.05) is 30.3 Å². The highest BCUT2D eigenvalue weighted by Gasteiger charge is 2.32. The van der Waals surface area contributed by atoms with Crippen LogP contribution in [0.15, 0.2) is 76.4 Å². The van der Waals surface area contributed by atoms with E-state index in [4.69, 9.17) is 4.42 Å². The molecule has 1 aliphatic carbocycles. The van der Waals surface area contributed by atoms with Gasteiger partial charge in [0.05, 0.1) is 0 Å². The molecule has 1 amide bonds. The second-order valence-electron chi connectivity index (χ2n) is 11.1. The van der Waals surface area contributed by atoms with Crippen LogP contribution >= 0.6 is 0 Å². The Balaban J connectivity index is 1.12. The van der Waals surface area contributed by atoms with Crippen LogP contribution in [-0.4, -0.2) is 21.2 Å². The lowest BCUT2D eigenvalue weighted by Crippen LogP contribution is -2.30. The van der Waals surface area contributed by atoms with Crippen molar-refractivity contribution in [3.63, 3.8) is 0 Å². The third-order valence-corrected chi connectivity index (χ3v) is 9.37. The first-order chi connectivity index (χ1) is 20.2. The number of carbonyl (C=O) groups excluding carboxylic acids is 1. The van der Waals surface area contributed by atoms with E-state index in [9.17, 15) is 22.5 Å². The molecule has 2 aromatic carbocycles. The molecule has 3 atom stereocenters. The number of carbonyl (C=O) groups is 1. The largest absolute Gasteiger partial charge is 0.609 e. The summed E-state index contributed by atoms with van der Waals surface area (Å²) in [5.74, 6) is 0.690. The first kappa shape index (κ1) is 30.2. The summed E-state index contributed by atoms with van der Waals surface area (Å²) < 4.78 is 57.6. The Morgan fingerprint density at radius 2 is 1.88 bits per heavy atom. The maximum absolute atomic E-state index is 13.2. The fraction of sp³-hybridized carbons (Fsp3) is 0.394. The number of pyridine rings is 1. The van der Waals surface area contributed by atoms with Gasteiger partial charge < -0.3 is 14.3 Å². The molecular weight excluding hydrogens is 561 g/mol. The van der Waals surface area contributed by atoms with Crippen LogP contribution in [0.3, 0.4) is 0 Å². The van der Waals surface area contributed by atoms with Crippen molar-refractivity contribution in [1.29, 1.82) is 0 Å². The summed E-state index contributed by atoms with van der Waals surface area (Å²) >= 11 is -1.23. The Bertz CT molecular complexity index is 1500. The molecule has 4 aromatic rings. The Morgan fingerprint density at radius 3 is 2.64 bits per heavy atom. The summed E-state index contributed by atoms with van der Waals surface area (Å²) in [5.41, 5.74) is 3.25. The second-order valence-corrected chi connectivity index (χ2v) is 12.5. The normalized spacial score (nSPS) is 18.5. The molecule has 1 N–H and O–H groups in total. The van der Waals surface area contributed by atoms with E-state index in [0.717, 1.165) is 73.1 Å². The summed E-state index contributed by atoms with van der Waals surface area (Å²) in [6.07, 6.45) is 3.00. The molecule has 1 saturated carbocycles. The first-order valence-electron chi connectivity index (χ1n) is 14.5. The molecule has 9 heteroatoms. The minimum absolute atomic E-state index is 0.00135. The Morgan fingerprint density at radius 1 is 1.02 bits per heavy atom. The number of amides is 1. The average Bonchev–Trinajstić information content (AvgIpc) is 3.27. The molecule has 2 aromatic heterocycles. The van der Waals surface area contributed by atoms with Crippen LogP contribution in [0, 0.1) is 11.8 Å². The number of hydrogen-bond acceptors (Lipinski definition) is 4. The Kier molecular flexibility index (Phi) is 9.58. The van der Waals surface area contributed by atoms with Gasteiger partial charge in [0.25, 0.3) is 0 Å². The summed E-state index contributed by atoms with van der Waals surface area (Å²) in [6, 6.07) is 17.8. The predicted molar refractivity (Wildman–Crippen MR) is 158 cm³/mol. The molecule has 5 nitrogen and oxygen atoms in total. The Hall–Kier alpha value is -3.30. The third kappa shape index (κ3) is 7.55. The van der Waals surface area contributed by atoms with Gasteiger partial charge in [-0.2, -0.15) is 13.2 Å². The van der Waals surface area contributed by atoms with Crippen LogP contribution in [0.25, 0.3) is 22.1 Å². The SMILES string of the molecule is CCCc1ccc2oc([S+]([O-])CC3CCCC(C(=O)NCc4cccc(-c5ccc(C(F)(F)F)nc5)c4)CC3)cc2c1. The van der Waals surface area contributed by atoms with Crippen molar-refractivity contribution in [2.75, 3.05) is 5.75 Å². The molecule has 2 heterocycles. The molecule has 0 aliphatic heterocycles. The van der Waals surface area contributed by atoms with E-state index in [0.29, 0.717) is 23.0 Å². The number of rotatable bonds is 9. The van der Waals surface area contributed by atoms with Gasteiger partial charge in [0.15, 0.2) is 0 Å². The fourth-order valence-corrected chi connectivity index (χ4v) is 7.02. The number of aromatic nitrogens is 1. The van der Waals surface area contributed by atoms with E-state index in [1.54, 1.807) is 6.07 Å². The molecule has 42 heavy (non-hydrogen) atoms. The highest BCUT2D eigenvalue weighted by Crippen LogP contribution is 2.32. The lowest BCUT2D eigenvalue weighted by molar-refractivity contribution is -0.141. The van der Waals surface area contributed by atoms with Crippen molar-refractivity contribution in [2.24, 2.45) is 11.8 Å². The zero-order valence-electron chi connectivity index (χ0n) is 23.6. The first-order valence-corrected chi connectivity index (χ1v) is 15.8. The molecule has 1 aliphatic rings. The predicted octanol–water partition coefficient (Wildman–Crippen LogP) is 8.09. The van der Waals surface area contributed by atoms with Gasteiger partial charge in [0, 0.05) is 52.8 Å². The van der Waals surface area contributed by atoms with Gasteiger partial charge >= 0.3 is 11.3 Å². The van der Waals surface area contributed by atoms with Crippen molar-refractivity contribution in [1.82, 2.24) is 10.3 Å². The number of nitrogens with zero attached hydrogens (tertiary/aromatic N) is 1. The fourth-order valence-electron chi connectivity index (χ4n) is 5.66. The summed E-state index contributed by atoms with van der Waals surface area (Å²) in [6.45, 7) is 2.48. The standard InChI is InChI=1S/C33H35F3N2O3S/c1-2-5-22-11-14-29-28(16-22)18-31(41-29)42(40)21-23-6-3-8-25(12-10-23)32(39)38-19-24-7-4-9-26(17-24)27-13-15-30(37-20-27)33(34,35)36/h4,7,9,11,13-18,20,23,25H,2-3,5-6,8,10,12,19,21H2,1H3,(H,38,39). The minimum atomic E-state index is -4.48. The average molecular weight is 597 g/mol. The molecule has 1 fully saturated rings. The molecule has 3 unspecified atom stereocenters. The summed E-state index contributed by atoms with van der Waals surface area (Å²) in [5, 5.41) is 4.54. The number of furan rings is 1. The van der Waals surface area contributed by atoms with Gasteiger partial charge in [0.2, 0.25) is 5.91 Å². The van der Waals surface area contributed by atoms with Crippen molar-refractivity contribution < 1.29 is 26.9 Å². The van der Waals surface area contributed by atoms with Gasteiger partial charge in [-0.3, -0.25) is 9.78 Å². The van der Waals surface area contributed by atoms with E-state index in [2.05, 4.69) is 29.4 Å². The van der Waals surface area contributed by atoms with Crippen molar-refractivity contribution in [3.8, 4) is 11.1 Å². The molecule has 0 bridgehead atoms. The van der Waals surface area contributed by atoms with E-state index in [1.165, 1.54) is 17.8 Å². The minimum Gasteiger partial charge on any atom is -0.609 e. The number of alkyl halides is 3. The van der Waals surface area contributed by atoms with Crippen LogP contribution in [0.2, 0.25) is 0 Å². The summed E-state index contributed by atoms with van der Waals surface area (Å²) in [4.78, 5) is 16.6. The maximum atomic E-state index is 13.2. The number of halogens is 3. The molecule has 222 valence electrons. The van der Waals surface area contributed by atoms with E-state index >= 15 is 0 Å². The van der Waals surface area contributed by atoms with E-state index < -0.39 is 23.0 Å². The Labute approximate surface area is 247 Å². The zero-order valence-corrected chi connectivity index (χ0v) is 24.4. The highest BCUT2D eigenvalue weighted by molar-refractivity contribution is 7.91. The molecule has 0 spiro atoms. The number of hydrogen-bond donors (Lipinski definition) is 1. The maximum Gasteiger partial charge on any atom is 0.433 e. The number of benzene rings is 2. The number of fused-ring (bicyclic) bond motifs is 1. The van der Waals surface area contributed by atoms with Crippen LogP contribution in [0.5, 0.6) is 0 Å². The van der Waals surface area contributed by atoms with Crippen molar-refractivity contribution >= 4 is 28.1 Å². The molecule has 0 saturated heterocycles. The topological polar surface area (TPSA) is 78.2 Å². The molecule has 0 radical (unpaired) electrons. The highest BCUT2D eigenvalue weighted by atomic mass is 32.2. The number of nitrogens with one attached hydrogen (secondary N) is 1. The lowest BCUT2D eigenvalue weighted by atomic mass is 9.98. The zero-order chi connectivity index (χ0) is 29.7.